The molecule has 17 heavy (non-hydrogen) atoms. The molecule has 2 atom stereocenters. The summed E-state index contributed by atoms with van der Waals surface area (Å²) in [5.74, 6) is 0.00358. The summed E-state index contributed by atoms with van der Waals surface area (Å²) in [6.07, 6.45) is 8.51. The van der Waals surface area contributed by atoms with Crippen molar-refractivity contribution in [2.45, 2.75) is 19.1 Å². The largest absolute Gasteiger partial charge is 0.507 e. The van der Waals surface area contributed by atoms with Crippen LogP contribution in [0.2, 0.25) is 0 Å². The van der Waals surface area contributed by atoms with Gasteiger partial charge in [0.15, 0.2) is 6.29 Å². The van der Waals surface area contributed by atoms with Crippen molar-refractivity contribution in [3.05, 3.63) is 47.6 Å². The third kappa shape index (κ3) is 2.63. The zero-order valence-electron chi connectivity index (χ0n) is 9.54. The first kappa shape index (κ1) is 11.6. The predicted molar refractivity (Wildman–Crippen MR) is 66.0 cm³/mol. The van der Waals surface area contributed by atoms with Gasteiger partial charge in [0.2, 0.25) is 0 Å². The quantitative estimate of drug-likeness (QED) is 0.491. The van der Waals surface area contributed by atoms with E-state index in [0.717, 1.165) is 0 Å². The zero-order chi connectivity index (χ0) is 12.3. The molecule has 0 radical (unpaired) electrons. The normalized spacial score (nSPS) is 23.4. The van der Waals surface area contributed by atoms with E-state index in [1.54, 1.807) is 18.2 Å². The van der Waals surface area contributed by atoms with E-state index in [0.29, 0.717) is 17.4 Å². The maximum absolute atomic E-state index is 10.8. The summed E-state index contributed by atoms with van der Waals surface area (Å²) in [6.45, 7) is 1.95. The third-order valence-corrected chi connectivity index (χ3v) is 2.64. The number of allylic oxidation sites excluding steroid dienone is 1. The molecule has 0 unspecified atom stereocenters. The van der Waals surface area contributed by atoms with Gasteiger partial charge in [0, 0.05) is 0 Å². The second-order valence-corrected chi connectivity index (χ2v) is 3.85. The van der Waals surface area contributed by atoms with Crippen LogP contribution in [0.4, 0.5) is 0 Å². The lowest BCUT2D eigenvalue weighted by Gasteiger charge is -2.00. The number of aromatic hydroxyl groups is 1. The molecule has 0 amide bonds. The fourth-order valence-electron chi connectivity index (χ4n) is 1.68. The van der Waals surface area contributed by atoms with Crippen LogP contribution in [0.25, 0.3) is 6.08 Å². The lowest BCUT2D eigenvalue weighted by atomic mass is 10.1. The van der Waals surface area contributed by atoms with Crippen molar-refractivity contribution in [3.8, 4) is 5.75 Å². The topological polar surface area (TPSA) is 49.8 Å². The number of phenolic OH excluding ortho intramolecular Hbond substituents is 1. The van der Waals surface area contributed by atoms with E-state index in [-0.39, 0.29) is 18.0 Å². The molecule has 3 nitrogen and oxygen atoms in total. The number of aldehydes is 1. The van der Waals surface area contributed by atoms with Crippen LogP contribution < -0.4 is 0 Å². The summed E-state index contributed by atoms with van der Waals surface area (Å²) in [6, 6.07) is 4.99. The Kier molecular flexibility index (Phi) is 3.40. The predicted octanol–water partition coefficient (Wildman–Crippen LogP) is 2.56. The zero-order valence-corrected chi connectivity index (χ0v) is 9.54. The maximum Gasteiger partial charge on any atom is 0.154 e. The van der Waals surface area contributed by atoms with E-state index in [2.05, 4.69) is 0 Å². The lowest BCUT2D eigenvalue weighted by molar-refractivity contribution is 0.112. The van der Waals surface area contributed by atoms with Crippen LogP contribution >= 0.6 is 0 Å². The Morgan fingerprint density at radius 2 is 2.06 bits per heavy atom. The van der Waals surface area contributed by atoms with Crippen LogP contribution in [0.15, 0.2) is 36.4 Å². The van der Waals surface area contributed by atoms with Crippen molar-refractivity contribution in [1.82, 2.24) is 0 Å². The molecule has 0 aliphatic carbocycles. The van der Waals surface area contributed by atoms with Gasteiger partial charge in [-0.3, -0.25) is 4.79 Å². The highest BCUT2D eigenvalue weighted by atomic mass is 16.6. The first-order valence-electron chi connectivity index (χ1n) is 5.50. The van der Waals surface area contributed by atoms with Crippen LogP contribution in [0.5, 0.6) is 5.75 Å². The van der Waals surface area contributed by atoms with E-state index in [9.17, 15) is 9.90 Å². The molecule has 3 heteroatoms. The minimum absolute atomic E-state index is 0.00358. The molecule has 1 aliphatic rings. The number of hydrogen-bond donors (Lipinski definition) is 1. The molecule has 1 aromatic rings. The van der Waals surface area contributed by atoms with Gasteiger partial charge in [-0.25, -0.2) is 0 Å². The molecule has 1 aromatic carbocycles. The van der Waals surface area contributed by atoms with Gasteiger partial charge < -0.3 is 9.84 Å². The molecular formula is C14H14O3. The number of carbonyl (C=O) groups excluding carboxylic acids is 1. The fraction of sp³-hybridized carbons (Fsp3) is 0.214. The van der Waals surface area contributed by atoms with Crippen molar-refractivity contribution < 1.29 is 14.6 Å². The molecular weight excluding hydrogens is 216 g/mol. The summed E-state index contributed by atoms with van der Waals surface area (Å²) in [5.41, 5.74) is 1.02. The number of benzene rings is 1. The highest BCUT2D eigenvalue weighted by molar-refractivity contribution is 5.85. The van der Waals surface area contributed by atoms with Gasteiger partial charge in [0.05, 0.1) is 5.56 Å². The van der Waals surface area contributed by atoms with Gasteiger partial charge in [0.1, 0.15) is 18.0 Å². The molecule has 1 N–H and O–H groups in total. The van der Waals surface area contributed by atoms with Gasteiger partial charge in [-0.1, -0.05) is 36.4 Å². The van der Waals surface area contributed by atoms with Gasteiger partial charge in [0.25, 0.3) is 0 Å². The number of ether oxygens (including phenoxy) is 1. The number of carbonyl (C=O) groups is 1. The number of epoxide rings is 1. The number of hydrogen-bond acceptors (Lipinski definition) is 3. The van der Waals surface area contributed by atoms with Crippen LogP contribution in [0, 0.1) is 0 Å². The average molecular weight is 230 g/mol. The first-order valence-corrected chi connectivity index (χ1v) is 5.50. The smallest absolute Gasteiger partial charge is 0.154 e. The van der Waals surface area contributed by atoms with E-state index >= 15 is 0 Å². The van der Waals surface area contributed by atoms with Crippen LogP contribution in [0.3, 0.4) is 0 Å². The highest BCUT2D eigenvalue weighted by Gasteiger charge is 2.33. The van der Waals surface area contributed by atoms with Crippen molar-refractivity contribution in [2.24, 2.45) is 0 Å². The van der Waals surface area contributed by atoms with Gasteiger partial charge in [-0.2, -0.15) is 0 Å². The van der Waals surface area contributed by atoms with Gasteiger partial charge in [-0.05, 0) is 18.6 Å². The Labute approximate surface area is 100 Å². The summed E-state index contributed by atoms with van der Waals surface area (Å²) >= 11 is 0. The summed E-state index contributed by atoms with van der Waals surface area (Å²) in [7, 11) is 0. The second kappa shape index (κ2) is 4.97. The van der Waals surface area contributed by atoms with E-state index in [1.165, 1.54) is 6.07 Å². The summed E-state index contributed by atoms with van der Waals surface area (Å²) < 4.78 is 5.36. The molecule has 88 valence electrons. The van der Waals surface area contributed by atoms with E-state index in [1.807, 2.05) is 25.2 Å². The molecule has 1 aliphatic heterocycles. The third-order valence-electron chi connectivity index (χ3n) is 2.64. The molecule has 0 spiro atoms. The Bertz CT molecular complexity index is 474. The minimum Gasteiger partial charge on any atom is -0.507 e. The first-order chi connectivity index (χ1) is 8.26. The van der Waals surface area contributed by atoms with E-state index in [4.69, 9.17) is 4.74 Å². The van der Waals surface area contributed by atoms with Crippen molar-refractivity contribution >= 4 is 12.4 Å². The van der Waals surface area contributed by atoms with Gasteiger partial charge >= 0.3 is 0 Å². The Hall–Kier alpha value is -1.87. The SMILES string of the molecule is C/C=C/[C@H]1O[C@H]1/C=C/c1cccc(O)c1C=O. The Balaban J connectivity index is 2.12. The van der Waals surface area contributed by atoms with Gasteiger partial charge in [-0.15, -0.1) is 0 Å². The lowest BCUT2D eigenvalue weighted by Crippen LogP contribution is -1.88. The van der Waals surface area contributed by atoms with Crippen molar-refractivity contribution in [3.63, 3.8) is 0 Å². The number of phenols is 1. The highest BCUT2D eigenvalue weighted by Crippen LogP contribution is 2.26. The molecule has 1 heterocycles. The van der Waals surface area contributed by atoms with Crippen LogP contribution in [0.1, 0.15) is 22.8 Å². The molecule has 1 saturated heterocycles. The second-order valence-electron chi connectivity index (χ2n) is 3.85. The minimum atomic E-state index is 0.00358. The summed E-state index contributed by atoms with van der Waals surface area (Å²) in [5, 5.41) is 9.50. The fourth-order valence-corrected chi connectivity index (χ4v) is 1.68. The van der Waals surface area contributed by atoms with Crippen molar-refractivity contribution in [2.75, 3.05) is 0 Å². The average Bonchev–Trinajstić information content (AvgIpc) is 3.05. The maximum atomic E-state index is 10.8. The molecule has 0 saturated carbocycles. The standard InChI is InChI=1S/C14H14O3/c1-2-4-13-14(17-13)8-7-10-5-3-6-12(16)11(10)9-15/h2-9,13-14,16H,1H3/b4-2+,8-7+/t13-,14+/m1/s1. The number of rotatable bonds is 4. The molecule has 0 aromatic heterocycles. The molecule has 0 bridgehead atoms. The Morgan fingerprint density at radius 1 is 1.29 bits per heavy atom. The monoisotopic (exact) mass is 230 g/mol. The Morgan fingerprint density at radius 3 is 2.76 bits per heavy atom. The molecule has 1 fully saturated rings. The van der Waals surface area contributed by atoms with E-state index < -0.39 is 0 Å². The van der Waals surface area contributed by atoms with Crippen LogP contribution in [-0.4, -0.2) is 23.6 Å². The van der Waals surface area contributed by atoms with Crippen molar-refractivity contribution in [1.29, 1.82) is 0 Å². The molecule has 2 rings (SSSR count). The summed E-state index contributed by atoms with van der Waals surface area (Å²) in [4.78, 5) is 10.8. The van der Waals surface area contributed by atoms with Crippen LogP contribution in [-0.2, 0) is 4.74 Å².